The van der Waals surface area contributed by atoms with Gasteiger partial charge in [0.25, 0.3) is 0 Å². The quantitative estimate of drug-likeness (QED) is 0.458. The molecule has 0 aliphatic rings. The van der Waals surface area contributed by atoms with E-state index in [1.807, 2.05) is 36.4 Å². The summed E-state index contributed by atoms with van der Waals surface area (Å²) in [6.45, 7) is 3.98. The average molecular weight is 359 g/mol. The Bertz CT molecular complexity index is 367. The lowest BCUT2D eigenvalue weighted by atomic mass is 10.2. The fraction of sp³-hybridized carbons (Fsp3) is 0.357. The average Bonchev–Trinajstić information content (AvgIpc) is 2.42. The molecule has 0 aromatic heterocycles. The van der Waals surface area contributed by atoms with Crippen LogP contribution in [0.5, 0.6) is 0 Å². The van der Waals surface area contributed by atoms with Crippen LogP contribution in [0.1, 0.15) is 18.4 Å². The first kappa shape index (κ1) is 15.0. The van der Waals surface area contributed by atoms with Gasteiger partial charge in [-0.15, -0.1) is 6.58 Å². The summed E-state index contributed by atoms with van der Waals surface area (Å²) in [5.74, 6) is 0. The zero-order valence-corrected chi connectivity index (χ0v) is 12.4. The third kappa shape index (κ3) is 6.05. The number of benzene rings is 1. The monoisotopic (exact) mass is 359 g/mol. The Morgan fingerprint density at radius 2 is 2.17 bits per heavy atom. The van der Waals surface area contributed by atoms with Crippen LogP contribution >= 0.6 is 22.6 Å². The minimum absolute atomic E-state index is 0.145. The normalized spacial score (nSPS) is 11.6. The highest BCUT2D eigenvalue weighted by Crippen LogP contribution is 2.04. The molecule has 0 aliphatic carbocycles. The van der Waals surface area contributed by atoms with Crippen molar-refractivity contribution in [2.75, 3.05) is 4.43 Å². The molecule has 4 heteroatoms. The molecule has 98 valence electrons. The lowest BCUT2D eigenvalue weighted by Crippen LogP contribution is -2.36. The summed E-state index contributed by atoms with van der Waals surface area (Å²) in [7, 11) is 0. The Balaban J connectivity index is 2.30. The number of allylic oxidation sites excluding steroid dienone is 1. The molecule has 0 saturated carbocycles. The van der Waals surface area contributed by atoms with Gasteiger partial charge in [-0.2, -0.15) is 0 Å². The molecule has 0 saturated heterocycles. The fourth-order valence-electron chi connectivity index (χ4n) is 1.44. The molecule has 1 N–H and O–H groups in total. The van der Waals surface area contributed by atoms with Crippen LogP contribution in [0.15, 0.2) is 43.0 Å². The summed E-state index contributed by atoms with van der Waals surface area (Å²) in [5, 5.41) is 2.86. The van der Waals surface area contributed by atoms with Crippen LogP contribution in [0.4, 0.5) is 4.79 Å². The van der Waals surface area contributed by atoms with Gasteiger partial charge in [0.15, 0.2) is 0 Å². The third-order valence-corrected chi connectivity index (χ3v) is 3.50. The highest BCUT2D eigenvalue weighted by molar-refractivity contribution is 14.1. The molecule has 1 amide bonds. The predicted molar refractivity (Wildman–Crippen MR) is 81.9 cm³/mol. The third-order valence-electron chi connectivity index (χ3n) is 2.44. The first-order chi connectivity index (χ1) is 8.76. The molecule has 0 radical (unpaired) electrons. The van der Waals surface area contributed by atoms with Gasteiger partial charge < -0.3 is 10.1 Å². The van der Waals surface area contributed by atoms with Crippen molar-refractivity contribution < 1.29 is 9.53 Å². The number of hydrogen-bond donors (Lipinski definition) is 1. The number of halogens is 1. The van der Waals surface area contributed by atoms with Crippen molar-refractivity contribution in [3.63, 3.8) is 0 Å². The molecule has 1 aromatic carbocycles. The van der Waals surface area contributed by atoms with E-state index in [4.69, 9.17) is 4.74 Å². The number of carbonyl (C=O) groups is 1. The van der Waals surface area contributed by atoms with E-state index >= 15 is 0 Å². The molecule has 0 bridgehead atoms. The van der Waals surface area contributed by atoms with Crippen molar-refractivity contribution in [2.45, 2.75) is 25.5 Å². The summed E-state index contributed by atoms with van der Waals surface area (Å²) in [5.41, 5.74) is 0.991. The van der Waals surface area contributed by atoms with Crippen LogP contribution in [0, 0.1) is 0 Å². The van der Waals surface area contributed by atoms with E-state index in [0.717, 1.165) is 22.8 Å². The Morgan fingerprint density at radius 1 is 1.44 bits per heavy atom. The Morgan fingerprint density at radius 3 is 2.78 bits per heavy atom. The smallest absolute Gasteiger partial charge is 0.407 e. The van der Waals surface area contributed by atoms with Crippen LogP contribution < -0.4 is 5.32 Å². The highest BCUT2D eigenvalue weighted by Gasteiger charge is 2.10. The van der Waals surface area contributed by atoms with E-state index in [1.165, 1.54) is 0 Å². The number of alkyl carbamates (subject to hydrolysis) is 1. The Labute approximate surface area is 122 Å². The van der Waals surface area contributed by atoms with Crippen LogP contribution in [0.2, 0.25) is 0 Å². The first-order valence-electron chi connectivity index (χ1n) is 5.90. The van der Waals surface area contributed by atoms with E-state index in [0.29, 0.717) is 6.61 Å². The van der Waals surface area contributed by atoms with E-state index in [1.54, 1.807) is 0 Å². The zero-order valence-electron chi connectivity index (χ0n) is 10.3. The van der Waals surface area contributed by atoms with Gasteiger partial charge in [-0.25, -0.2) is 4.79 Å². The second-order valence-corrected chi connectivity index (χ2v) is 4.80. The van der Waals surface area contributed by atoms with Crippen molar-refractivity contribution >= 4 is 28.7 Å². The topological polar surface area (TPSA) is 38.3 Å². The number of alkyl halides is 1. The summed E-state index contributed by atoms with van der Waals surface area (Å²) >= 11 is 2.26. The molecular formula is C14H18INO2. The summed E-state index contributed by atoms with van der Waals surface area (Å²) in [4.78, 5) is 11.6. The maximum atomic E-state index is 11.6. The minimum Gasteiger partial charge on any atom is -0.445 e. The molecular weight excluding hydrogens is 341 g/mol. The van der Waals surface area contributed by atoms with Gasteiger partial charge in [0.1, 0.15) is 6.61 Å². The fourth-order valence-corrected chi connectivity index (χ4v) is 2.10. The van der Waals surface area contributed by atoms with Gasteiger partial charge in [0.2, 0.25) is 0 Å². The standard InChI is InChI=1S/C14H18INO2/c1-2-3-9-13(10-15)16-14(17)18-11-12-7-5-4-6-8-12/h2,4-8,13H,1,3,9-11H2,(H,16,17). The molecule has 0 heterocycles. The molecule has 1 atom stereocenters. The van der Waals surface area contributed by atoms with Crippen LogP contribution in [-0.2, 0) is 11.3 Å². The number of carbonyl (C=O) groups excluding carboxylic acids is 1. The molecule has 1 aromatic rings. The molecule has 1 rings (SSSR count). The van der Waals surface area contributed by atoms with E-state index in [2.05, 4.69) is 34.5 Å². The summed E-state index contributed by atoms with van der Waals surface area (Å²) < 4.78 is 6.03. The van der Waals surface area contributed by atoms with Crippen molar-refractivity contribution in [3.8, 4) is 0 Å². The van der Waals surface area contributed by atoms with Crippen LogP contribution in [0.25, 0.3) is 0 Å². The number of rotatable bonds is 7. The number of amides is 1. The largest absolute Gasteiger partial charge is 0.445 e. The molecule has 1 unspecified atom stereocenters. The highest BCUT2D eigenvalue weighted by atomic mass is 127. The van der Waals surface area contributed by atoms with Gasteiger partial charge in [-0.3, -0.25) is 0 Å². The van der Waals surface area contributed by atoms with E-state index in [-0.39, 0.29) is 12.1 Å². The first-order valence-corrected chi connectivity index (χ1v) is 7.43. The molecule has 0 aliphatic heterocycles. The van der Waals surface area contributed by atoms with Gasteiger partial charge >= 0.3 is 6.09 Å². The summed E-state index contributed by atoms with van der Waals surface area (Å²) in [6, 6.07) is 9.79. The maximum absolute atomic E-state index is 11.6. The van der Waals surface area contributed by atoms with Gasteiger partial charge in [-0.05, 0) is 18.4 Å². The minimum atomic E-state index is -0.357. The molecule has 18 heavy (non-hydrogen) atoms. The van der Waals surface area contributed by atoms with Gasteiger partial charge in [0.05, 0.1) is 0 Å². The summed E-state index contributed by atoms with van der Waals surface area (Å²) in [6.07, 6.45) is 3.29. The van der Waals surface area contributed by atoms with Crippen LogP contribution in [-0.4, -0.2) is 16.6 Å². The van der Waals surface area contributed by atoms with Crippen LogP contribution in [0.3, 0.4) is 0 Å². The Kier molecular flexibility index (Phi) is 7.48. The van der Waals surface area contributed by atoms with Crippen molar-refractivity contribution in [1.29, 1.82) is 0 Å². The molecule has 0 fully saturated rings. The van der Waals surface area contributed by atoms with Crippen molar-refractivity contribution in [3.05, 3.63) is 48.6 Å². The van der Waals surface area contributed by atoms with Crippen molar-refractivity contribution in [1.82, 2.24) is 5.32 Å². The SMILES string of the molecule is C=CCCC(CI)NC(=O)OCc1ccccc1. The van der Waals surface area contributed by atoms with Gasteiger partial charge in [-0.1, -0.05) is 59.0 Å². The molecule has 0 spiro atoms. The lowest BCUT2D eigenvalue weighted by Gasteiger charge is -2.15. The predicted octanol–water partition coefficient (Wildman–Crippen LogP) is 3.68. The zero-order chi connectivity index (χ0) is 13.2. The second-order valence-electron chi connectivity index (χ2n) is 3.92. The lowest BCUT2D eigenvalue weighted by molar-refractivity contribution is 0.136. The maximum Gasteiger partial charge on any atom is 0.407 e. The molecule has 3 nitrogen and oxygen atoms in total. The van der Waals surface area contributed by atoms with Gasteiger partial charge in [0, 0.05) is 10.5 Å². The number of nitrogens with one attached hydrogen (secondary N) is 1. The van der Waals surface area contributed by atoms with E-state index in [9.17, 15) is 4.79 Å². The van der Waals surface area contributed by atoms with Crippen molar-refractivity contribution in [2.24, 2.45) is 0 Å². The van der Waals surface area contributed by atoms with E-state index < -0.39 is 0 Å². The number of hydrogen-bond acceptors (Lipinski definition) is 2. The number of ether oxygens (including phenoxy) is 1. The second kappa shape index (κ2) is 8.97. The Hall–Kier alpha value is -1.04.